The van der Waals surface area contributed by atoms with Gasteiger partial charge in [-0.15, -0.1) is 0 Å². The minimum Gasteiger partial charge on any atom is -0.198 e. The number of hydrogen-bond donors (Lipinski definition) is 0. The summed E-state index contributed by atoms with van der Waals surface area (Å²) >= 11 is 0. The average molecular weight is 225 g/mol. The Morgan fingerprint density at radius 3 is 2.18 bits per heavy atom. The van der Waals surface area contributed by atoms with Gasteiger partial charge in [-0.05, 0) is 36.3 Å². The van der Waals surface area contributed by atoms with E-state index >= 15 is 0 Å². The van der Waals surface area contributed by atoms with E-state index in [9.17, 15) is 0 Å². The van der Waals surface area contributed by atoms with E-state index in [4.69, 9.17) is 5.26 Å². The van der Waals surface area contributed by atoms with Gasteiger partial charge in [0.15, 0.2) is 0 Å². The largest absolute Gasteiger partial charge is 0.198 e. The van der Waals surface area contributed by atoms with Crippen molar-refractivity contribution in [2.75, 3.05) is 0 Å². The van der Waals surface area contributed by atoms with Crippen molar-refractivity contribution in [3.8, 4) is 6.07 Å². The van der Waals surface area contributed by atoms with Crippen LogP contribution in [0, 0.1) is 17.2 Å². The summed E-state index contributed by atoms with van der Waals surface area (Å²) in [5.74, 6) is 1.61. The van der Waals surface area contributed by atoms with Crippen LogP contribution in [0.3, 0.4) is 0 Å². The summed E-state index contributed by atoms with van der Waals surface area (Å²) in [5, 5.41) is 8.85. The Bertz CT molecular complexity index is 420. The van der Waals surface area contributed by atoms with Gasteiger partial charge < -0.3 is 0 Å². The van der Waals surface area contributed by atoms with E-state index in [0.717, 1.165) is 12.3 Å². The number of nitriles is 1. The molecule has 2 unspecified atom stereocenters. The van der Waals surface area contributed by atoms with Crippen molar-refractivity contribution < 1.29 is 0 Å². The normalized spacial score (nSPS) is 28.6. The third-order valence-corrected chi connectivity index (χ3v) is 4.40. The average Bonchev–Trinajstić information content (AvgIpc) is 3.19. The van der Waals surface area contributed by atoms with Crippen molar-refractivity contribution in [2.24, 2.45) is 5.92 Å². The van der Waals surface area contributed by atoms with Crippen LogP contribution in [0.1, 0.15) is 61.5 Å². The highest BCUT2D eigenvalue weighted by Crippen LogP contribution is 2.47. The second-order valence-corrected chi connectivity index (χ2v) is 5.58. The molecular formula is C16H19N. The molecule has 0 aliphatic heterocycles. The van der Waals surface area contributed by atoms with E-state index < -0.39 is 0 Å². The van der Waals surface area contributed by atoms with Crippen LogP contribution in [0.15, 0.2) is 24.3 Å². The lowest BCUT2D eigenvalue weighted by Crippen LogP contribution is -2.04. The topological polar surface area (TPSA) is 23.8 Å². The number of benzene rings is 1. The molecule has 17 heavy (non-hydrogen) atoms. The van der Waals surface area contributed by atoms with Crippen molar-refractivity contribution in [3.63, 3.8) is 0 Å². The molecule has 2 aliphatic rings. The third kappa shape index (κ3) is 2.22. The predicted molar refractivity (Wildman–Crippen MR) is 68.7 cm³/mol. The summed E-state index contributed by atoms with van der Waals surface area (Å²) in [6, 6.07) is 11.5. The molecule has 1 heteroatoms. The lowest BCUT2D eigenvalue weighted by atomic mass is 9.84. The van der Waals surface area contributed by atoms with Gasteiger partial charge in [0.25, 0.3) is 0 Å². The van der Waals surface area contributed by atoms with Crippen LogP contribution in [0.2, 0.25) is 0 Å². The SMILES string of the molecule is N#CC1CC1c1ccc(C2CCCCC2)cc1. The Kier molecular flexibility index (Phi) is 2.89. The summed E-state index contributed by atoms with van der Waals surface area (Å²) < 4.78 is 0. The second-order valence-electron chi connectivity index (χ2n) is 5.58. The van der Waals surface area contributed by atoms with E-state index in [1.54, 1.807) is 0 Å². The van der Waals surface area contributed by atoms with Crippen molar-refractivity contribution in [3.05, 3.63) is 35.4 Å². The van der Waals surface area contributed by atoms with Gasteiger partial charge in [-0.25, -0.2) is 0 Å². The van der Waals surface area contributed by atoms with Crippen molar-refractivity contribution in [1.82, 2.24) is 0 Å². The van der Waals surface area contributed by atoms with Gasteiger partial charge >= 0.3 is 0 Å². The maximum atomic E-state index is 8.85. The molecule has 2 saturated carbocycles. The van der Waals surface area contributed by atoms with Crippen LogP contribution < -0.4 is 0 Å². The quantitative estimate of drug-likeness (QED) is 0.733. The zero-order valence-corrected chi connectivity index (χ0v) is 10.2. The Morgan fingerprint density at radius 2 is 1.59 bits per heavy atom. The van der Waals surface area contributed by atoms with E-state index in [1.165, 1.54) is 43.2 Å². The summed E-state index contributed by atoms with van der Waals surface area (Å²) in [5.41, 5.74) is 2.89. The van der Waals surface area contributed by atoms with E-state index in [2.05, 4.69) is 30.3 Å². The first-order chi connectivity index (χ1) is 8.38. The molecule has 2 aliphatic carbocycles. The first-order valence-corrected chi connectivity index (χ1v) is 6.88. The molecule has 0 radical (unpaired) electrons. The highest BCUT2D eigenvalue weighted by Gasteiger charge is 2.38. The molecular weight excluding hydrogens is 206 g/mol. The molecule has 0 amide bonds. The molecule has 0 bridgehead atoms. The van der Waals surface area contributed by atoms with Gasteiger partial charge in [0, 0.05) is 5.92 Å². The zero-order valence-electron chi connectivity index (χ0n) is 10.2. The van der Waals surface area contributed by atoms with Gasteiger partial charge in [-0.3, -0.25) is 0 Å². The lowest BCUT2D eigenvalue weighted by molar-refractivity contribution is 0.443. The molecule has 0 saturated heterocycles. The van der Waals surface area contributed by atoms with Gasteiger partial charge in [0.05, 0.1) is 12.0 Å². The van der Waals surface area contributed by atoms with Gasteiger partial charge in [-0.2, -0.15) is 5.26 Å². The molecule has 1 aromatic rings. The fourth-order valence-corrected chi connectivity index (χ4v) is 3.16. The molecule has 0 spiro atoms. The summed E-state index contributed by atoms with van der Waals surface area (Å²) in [6.07, 6.45) is 8.00. The molecule has 1 nitrogen and oxygen atoms in total. The summed E-state index contributed by atoms with van der Waals surface area (Å²) in [4.78, 5) is 0. The zero-order chi connectivity index (χ0) is 11.7. The minimum atomic E-state index is 0.288. The first-order valence-electron chi connectivity index (χ1n) is 6.88. The highest BCUT2D eigenvalue weighted by molar-refractivity contribution is 5.33. The summed E-state index contributed by atoms with van der Waals surface area (Å²) in [6.45, 7) is 0. The lowest BCUT2D eigenvalue weighted by Gasteiger charge is -2.22. The molecule has 2 fully saturated rings. The van der Waals surface area contributed by atoms with Gasteiger partial charge in [-0.1, -0.05) is 43.5 Å². The molecule has 0 aromatic heterocycles. The number of rotatable bonds is 2. The van der Waals surface area contributed by atoms with Gasteiger partial charge in [0.2, 0.25) is 0 Å². The predicted octanol–water partition coefficient (Wildman–Crippen LogP) is 4.36. The first kappa shape index (κ1) is 10.8. The van der Waals surface area contributed by atoms with Crippen LogP contribution in [0.5, 0.6) is 0 Å². The van der Waals surface area contributed by atoms with Gasteiger partial charge in [0.1, 0.15) is 0 Å². The van der Waals surface area contributed by atoms with Crippen LogP contribution in [0.25, 0.3) is 0 Å². The molecule has 88 valence electrons. The maximum absolute atomic E-state index is 8.85. The van der Waals surface area contributed by atoms with Crippen molar-refractivity contribution in [2.45, 2.75) is 50.4 Å². The van der Waals surface area contributed by atoms with Crippen LogP contribution >= 0.6 is 0 Å². The van der Waals surface area contributed by atoms with Crippen molar-refractivity contribution in [1.29, 1.82) is 5.26 Å². The molecule has 0 N–H and O–H groups in total. The Balaban J connectivity index is 1.70. The Morgan fingerprint density at radius 1 is 0.941 bits per heavy atom. The Labute approximate surface area is 103 Å². The summed E-state index contributed by atoms with van der Waals surface area (Å²) in [7, 11) is 0. The fourth-order valence-electron chi connectivity index (χ4n) is 3.16. The monoisotopic (exact) mass is 225 g/mol. The molecule has 3 rings (SSSR count). The van der Waals surface area contributed by atoms with Crippen molar-refractivity contribution >= 4 is 0 Å². The van der Waals surface area contributed by atoms with E-state index in [0.29, 0.717) is 5.92 Å². The molecule has 0 heterocycles. The van der Waals surface area contributed by atoms with Crippen LogP contribution in [-0.4, -0.2) is 0 Å². The smallest absolute Gasteiger partial charge is 0.0662 e. The highest BCUT2D eigenvalue weighted by atomic mass is 14.4. The minimum absolute atomic E-state index is 0.288. The standard InChI is InChI=1S/C16H19N/c17-11-15-10-16(15)14-8-6-13(7-9-14)12-4-2-1-3-5-12/h6-9,12,15-16H,1-5,10H2. The maximum Gasteiger partial charge on any atom is 0.0662 e. The second kappa shape index (κ2) is 4.53. The Hall–Kier alpha value is -1.29. The molecule has 1 aromatic carbocycles. The van der Waals surface area contributed by atoms with E-state index in [-0.39, 0.29) is 5.92 Å². The third-order valence-electron chi connectivity index (χ3n) is 4.40. The van der Waals surface area contributed by atoms with Crippen LogP contribution in [0.4, 0.5) is 0 Å². The molecule has 2 atom stereocenters. The van der Waals surface area contributed by atoms with Crippen LogP contribution in [-0.2, 0) is 0 Å². The number of nitrogens with zero attached hydrogens (tertiary/aromatic N) is 1. The fraction of sp³-hybridized carbons (Fsp3) is 0.562. The van der Waals surface area contributed by atoms with E-state index in [1.807, 2.05) is 0 Å². The number of hydrogen-bond acceptors (Lipinski definition) is 1.